The molecule has 3 rings (SSSR count). The predicted molar refractivity (Wildman–Crippen MR) is 105 cm³/mol. The maximum absolute atomic E-state index is 12.2. The Balaban J connectivity index is 1.83. The molecule has 0 unspecified atom stereocenters. The van der Waals surface area contributed by atoms with Crippen molar-refractivity contribution >= 4 is 11.6 Å². The van der Waals surface area contributed by atoms with Crippen molar-refractivity contribution in [1.82, 2.24) is 19.8 Å². The summed E-state index contributed by atoms with van der Waals surface area (Å²) >= 11 is 0. The second kappa shape index (κ2) is 8.47. The molecule has 0 N–H and O–H groups in total. The predicted octanol–water partition coefficient (Wildman–Crippen LogP) is 2.62. The van der Waals surface area contributed by atoms with Crippen LogP contribution in [0.4, 0.5) is 0 Å². The number of aromatic nitrogens is 4. The van der Waals surface area contributed by atoms with Gasteiger partial charge in [-0.3, -0.25) is 0 Å². The van der Waals surface area contributed by atoms with E-state index in [-0.39, 0.29) is 12.3 Å². The molecule has 0 amide bonds. The number of furan rings is 1. The van der Waals surface area contributed by atoms with Gasteiger partial charge in [-0.1, -0.05) is 19.1 Å². The minimum atomic E-state index is -0.324. The number of hydrogen-bond donors (Lipinski definition) is 0. The fourth-order valence-corrected chi connectivity index (χ4v) is 2.56. The molecule has 1 aromatic carbocycles. The molecule has 28 heavy (non-hydrogen) atoms. The molecule has 0 aliphatic rings. The zero-order chi connectivity index (χ0) is 20.1. The van der Waals surface area contributed by atoms with Crippen LogP contribution in [-0.4, -0.2) is 31.4 Å². The summed E-state index contributed by atoms with van der Waals surface area (Å²) in [7, 11) is 1.55. The second-order valence-corrected chi connectivity index (χ2v) is 6.17. The maximum Gasteiger partial charge on any atom is 0.368 e. The second-order valence-electron chi connectivity index (χ2n) is 6.17. The van der Waals surface area contributed by atoms with Crippen molar-refractivity contribution in [3.8, 4) is 5.69 Å². The van der Waals surface area contributed by atoms with Crippen molar-refractivity contribution in [2.75, 3.05) is 0 Å². The first kappa shape index (κ1) is 19.3. The molecule has 2 heterocycles. The first-order chi connectivity index (χ1) is 13.5. The van der Waals surface area contributed by atoms with Crippen LogP contribution in [0.2, 0.25) is 0 Å². The number of benzene rings is 1. The van der Waals surface area contributed by atoms with E-state index in [1.165, 1.54) is 9.36 Å². The van der Waals surface area contributed by atoms with E-state index in [0.717, 1.165) is 11.1 Å². The van der Waals surface area contributed by atoms with Crippen molar-refractivity contribution in [2.24, 2.45) is 17.3 Å². The fourth-order valence-electron chi connectivity index (χ4n) is 2.56. The van der Waals surface area contributed by atoms with Crippen molar-refractivity contribution in [3.05, 3.63) is 64.0 Å². The summed E-state index contributed by atoms with van der Waals surface area (Å²) in [5, 5.41) is 16.1. The molecule has 0 saturated heterocycles. The molecule has 0 atom stereocenters. The van der Waals surface area contributed by atoms with Gasteiger partial charge in [0, 0.05) is 19.0 Å². The Morgan fingerprint density at radius 3 is 2.68 bits per heavy atom. The Bertz CT molecular complexity index is 1060. The topological polar surface area (TPSA) is 99.8 Å². The van der Waals surface area contributed by atoms with E-state index in [1.807, 2.05) is 45.0 Å². The number of nitrogens with zero attached hydrogens (tertiary/aromatic N) is 6. The summed E-state index contributed by atoms with van der Waals surface area (Å²) in [5.74, 6) is 1.13. The van der Waals surface area contributed by atoms with Crippen LogP contribution >= 0.6 is 0 Å². The quantitative estimate of drug-likeness (QED) is 0.371. The number of rotatable bonds is 6. The lowest BCUT2D eigenvalue weighted by molar-refractivity contribution is 0.282. The molecule has 2 aromatic heterocycles. The average Bonchev–Trinajstić information content (AvgIpc) is 3.34. The van der Waals surface area contributed by atoms with Crippen LogP contribution in [0.15, 0.2) is 56.0 Å². The Morgan fingerprint density at radius 1 is 1.21 bits per heavy atom. The van der Waals surface area contributed by atoms with Gasteiger partial charge in [-0.05, 0) is 48.0 Å². The van der Waals surface area contributed by atoms with E-state index in [1.54, 1.807) is 19.4 Å². The number of hydrogen-bond acceptors (Lipinski definition) is 7. The highest BCUT2D eigenvalue weighted by atomic mass is 16.5. The van der Waals surface area contributed by atoms with Gasteiger partial charge in [-0.15, -0.1) is 10.2 Å². The van der Waals surface area contributed by atoms with Crippen LogP contribution in [0.5, 0.6) is 0 Å². The Morgan fingerprint density at radius 2 is 2.04 bits per heavy atom. The molecule has 0 saturated carbocycles. The molecule has 9 heteroatoms. The third-order valence-corrected chi connectivity index (χ3v) is 4.21. The van der Waals surface area contributed by atoms with Crippen LogP contribution in [-0.2, 0) is 18.4 Å². The van der Waals surface area contributed by atoms with Crippen molar-refractivity contribution < 1.29 is 9.15 Å². The first-order valence-corrected chi connectivity index (χ1v) is 8.87. The van der Waals surface area contributed by atoms with Crippen LogP contribution in [0.1, 0.15) is 37.2 Å². The molecular formula is C19H22N6O3. The van der Waals surface area contributed by atoms with E-state index in [4.69, 9.17) is 9.15 Å². The standard InChI is InChI=1S/C19H22N6O3/c1-5-18(21-20-14(3)17-10-7-11-27-17)28-12-15-13(2)8-6-9-16(15)25-19(26)24(4)22-23-25/h6-11H,5,12H2,1-4H3/b20-14+,21-18-. The first-order valence-electron chi connectivity index (χ1n) is 8.87. The monoisotopic (exact) mass is 382 g/mol. The highest BCUT2D eigenvalue weighted by molar-refractivity contribution is 5.96. The molecule has 0 aliphatic carbocycles. The Hall–Kier alpha value is -3.49. The fraction of sp³-hybridized carbons (Fsp3) is 0.316. The van der Waals surface area contributed by atoms with Gasteiger partial charge in [0.25, 0.3) is 0 Å². The normalized spacial score (nSPS) is 12.4. The van der Waals surface area contributed by atoms with Crippen molar-refractivity contribution in [1.29, 1.82) is 0 Å². The van der Waals surface area contributed by atoms with Crippen molar-refractivity contribution in [3.63, 3.8) is 0 Å². The zero-order valence-corrected chi connectivity index (χ0v) is 16.3. The van der Waals surface area contributed by atoms with Crippen molar-refractivity contribution in [2.45, 2.75) is 33.8 Å². The summed E-state index contributed by atoms with van der Waals surface area (Å²) in [4.78, 5) is 12.2. The molecule has 146 valence electrons. The largest absolute Gasteiger partial charge is 0.475 e. The minimum Gasteiger partial charge on any atom is -0.475 e. The summed E-state index contributed by atoms with van der Waals surface area (Å²) in [5.41, 5.74) is 2.76. The summed E-state index contributed by atoms with van der Waals surface area (Å²) in [6.45, 7) is 5.93. The number of ether oxygens (including phenoxy) is 1. The van der Waals surface area contributed by atoms with Crippen LogP contribution < -0.4 is 5.69 Å². The molecule has 9 nitrogen and oxygen atoms in total. The van der Waals surface area contributed by atoms with Crippen LogP contribution in [0.3, 0.4) is 0 Å². The minimum absolute atomic E-state index is 0.229. The number of aryl methyl sites for hydroxylation is 2. The third kappa shape index (κ3) is 4.08. The highest BCUT2D eigenvalue weighted by Crippen LogP contribution is 2.18. The van der Waals surface area contributed by atoms with Gasteiger partial charge >= 0.3 is 5.69 Å². The lowest BCUT2D eigenvalue weighted by Crippen LogP contribution is -2.23. The van der Waals surface area contributed by atoms with Gasteiger partial charge in [0.05, 0.1) is 12.0 Å². The molecule has 3 aromatic rings. The summed E-state index contributed by atoms with van der Waals surface area (Å²) < 4.78 is 13.6. The van der Waals surface area contributed by atoms with Gasteiger partial charge < -0.3 is 9.15 Å². The van der Waals surface area contributed by atoms with Gasteiger partial charge in [-0.25, -0.2) is 4.79 Å². The van der Waals surface area contributed by atoms with E-state index in [2.05, 4.69) is 20.6 Å². The van der Waals surface area contributed by atoms with Gasteiger partial charge in [-0.2, -0.15) is 9.36 Å². The Kier molecular flexibility index (Phi) is 5.83. The molecule has 0 aliphatic heterocycles. The van der Waals surface area contributed by atoms with E-state index in [0.29, 0.717) is 29.5 Å². The molecule has 0 spiro atoms. The average molecular weight is 382 g/mol. The lowest BCUT2D eigenvalue weighted by Gasteiger charge is -2.13. The Labute approximate surface area is 161 Å². The molecule has 0 radical (unpaired) electrons. The number of tetrazole rings is 1. The van der Waals surface area contributed by atoms with E-state index in [9.17, 15) is 4.79 Å². The van der Waals surface area contributed by atoms with Crippen LogP contribution in [0, 0.1) is 6.92 Å². The van der Waals surface area contributed by atoms with Gasteiger partial charge in [0.2, 0.25) is 5.90 Å². The van der Waals surface area contributed by atoms with E-state index >= 15 is 0 Å². The zero-order valence-electron chi connectivity index (χ0n) is 16.3. The summed E-state index contributed by atoms with van der Waals surface area (Å²) in [6.07, 6.45) is 2.16. The highest BCUT2D eigenvalue weighted by Gasteiger charge is 2.14. The molecule has 0 bridgehead atoms. The maximum atomic E-state index is 12.2. The summed E-state index contributed by atoms with van der Waals surface area (Å²) in [6, 6.07) is 9.24. The smallest absolute Gasteiger partial charge is 0.368 e. The molecule has 0 fully saturated rings. The lowest BCUT2D eigenvalue weighted by atomic mass is 10.1. The third-order valence-electron chi connectivity index (χ3n) is 4.21. The van der Waals surface area contributed by atoms with Crippen LogP contribution in [0.25, 0.3) is 5.69 Å². The van der Waals surface area contributed by atoms with Gasteiger partial charge in [0.15, 0.2) is 0 Å². The molecular weight excluding hydrogens is 360 g/mol. The van der Waals surface area contributed by atoms with Gasteiger partial charge in [0.1, 0.15) is 18.1 Å². The SMILES string of the molecule is CC/C(=N/N=C(\C)c1ccco1)OCc1c(C)cccc1-n1nnn(C)c1=O. The van der Waals surface area contributed by atoms with E-state index < -0.39 is 0 Å².